The molecular weight excluding hydrogens is 316 g/mol. The van der Waals surface area contributed by atoms with E-state index in [9.17, 15) is 4.79 Å². The van der Waals surface area contributed by atoms with Gasteiger partial charge in [-0.15, -0.1) is 5.10 Å². The molecule has 1 aromatic carbocycles. The Bertz CT molecular complexity index is 713. The van der Waals surface area contributed by atoms with Crippen molar-refractivity contribution in [3.8, 4) is 0 Å². The van der Waals surface area contributed by atoms with Crippen LogP contribution < -0.4 is 10.6 Å². The standard InChI is InChI=1S/C18H26N6O/c1-18(2,3)24-17(20-21-22-24)15(13-7-5-4-6-8-13)23-11-9-14(10-12-23)16(19)25/h4-8,14-15H,9-12H2,1-3H3,(H2,19,25)/p+1/t15-/m0/s1. The lowest BCUT2D eigenvalue weighted by molar-refractivity contribution is -0.931. The zero-order valence-corrected chi connectivity index (χ0v) is 15.1. The van der Waals surface area contributed by atoms with Crippen molar-refractivity contribution in [1.29, 1.82) is 0 Å². The topological polar surface area (TPSA) is 91.1 Å². The summed E-state index contributed by atoms with van der Waals surface area (Å²) in [7, 11) is 0. The van der Waals surface area contributed by atoms with Gasteiger partial charge in [0, 0.05) is 24.3 Å². The Morgan fingerprint density at radius 3 is 2.44 bits per heavy atom. The van der Waals surface area contributed by atoms with Crippen molar-refractivity contribution >= 4 is 5.91 Å². The number of aromatic nitrogens is 4. The maximum absolute atomic E-state index is 11.5. The van der Waals surface area contributed by atoms with Crippen LogP contribution in [0, 0.1) is 5.92 Å². The molecule has 0 unspecified atom stereocenters. The summed E-state index contributed by atoms with van der Waals surface area (Å²) in [6.45, 7) is 8.06. The Morgan fingerprint density at radius 1 is 1.24 bits per heavy atom. The van der Waals surface area contributed by atoms with E-state index in [0.29, 0.717) is 0 Å². The smallest absolute Gasteiger partial charge is 0.220 e. The van der Waals surface area contributed by atoms with Gasteiger partial charge < -0.3 is 10.6 Å². The van der Waals surface area contributed by atoms with Gasteiger partial charge in [0.2, 0.25) is 11.7 Å². The normalized spacial score (nSPS) is 22.5. The number of hydrogen-bond donors (Lipinski definition) is 2. The Hall–Kier alpha value is -2.28. The summed E-state index contributed by atoms with van der Waals surface area (Å²) >= 11 is 0. The zero-order chi connectivity index (χ0) is 18.0. The Morgan fingerprint density at radius 2 is 1.88 bits per heavy atom. The van der Waals surface area contributed by atoms with E-state index in [-0.39, 0.29) is 23.4 Å². The number of carbonyl (C=O) groups is 1. The molecule has 2 heterocycles. The van der Waals surface area contributed by atoms with E-state index in [2.05, 4.69) is 48.4 Å². The van der Waals surface area contributed by atoms with Crippen LogP contribution >= 0.6 is 0 Å². The van der Waals surface area contributed by atoms with E-state index in [1.165, 1.54) is 10.5 Å². The highest BCUT2D eigenvalue weighted by atomic mass is 16.1. The van der Waals surface area contributed by atoms with E-state index < -0.39 is 0 Å². The first-order valence-electron chi connectivity index (χ1n) is 8.85. The third-order valence-electron chi connectivity index (χ3n) is 4.96. The van der Waals surface area contributed by atoms with Crippen molar-refractivity contribution in [3.05, 3.63) is 41.7 Å². The van der Waals surface area contributed by atoms with Crippen LogP contribution in [0.4, 0.5) is 0 Å². The van der Waals surface area contributed by atoms with Crippen LogP contribution in [0.5, 0.6) is 0 Å². The molecule has 0 aliphatic carbocycles. The van der Waals surface area contributed by atoms with Gasteiger partial charge in [0.05, 0.1) is 18.6 Å². The number of nitrogens with zero attached hydrogens (tertiary/aromatic N) is 4. The number of primary amides is 1. The molecule has 3 N–H and O–H groups in total. The second-order valence-corrected chi connectivity index (χ2v) is 7.80. The van der Waals surface area contributed by atoms with Crippen LogP contribution in [-0.4, -0.2) is 39.2 Å². The molecule has 1 aliphatic heterocycles. The molecule has 0 bridgehead atoms. The lowest BCUT2D eigenvalue weighted by atomic mass is 9.93. The van der Waals surface area contributed by atoms with Crippen molar-refractivity contribution in [2.24, 2.45) is 11.7 Å². The number of benzene rings is 1. The fourth-order valence-corrected chi connectivity index (χ4v) is 3.63. The van der Waals surface area contributed by atoms with Crippen LogP contribution in [0.3, 0.4) is 0 Å². The van der Waals surface area contributed by atoms with E-state index in [1.807, 2.05) is 22.9 Å². The molecule has 134 valence electrons. The summed E-state index contributed by atoms with van der Waals surface area (Å²) < 4.78 is 1.91. The molecule has 0 spiro atoms. The largest absolute Gasteiger partial charge is 0.369 e. The lowest BCUT2D eigenvalue weighted by Crippen LogP contribution is -3.13. The van der Waals surface area contributed by atoms with E-state index in [1.54, 1.807) is 0 Å². The number of hydrogen-bond acceptors (Lipinski definition) is 4. The lowest BCUT2D eigenvalue weighted by Gasteiger charge is -2.34. The predicted octanol–water partition coefficient (Wildman–Crippen LogP) is 0.298. The summed E-state index contributed by atoms with van der Waals surface area (Å²) in [5, 5.41) is 12.6. The number of rotatable bonds is 4. The number of likely N-dealkylation sites (tertiary alicyclic amines) is 1. The van der Waals surface area contributed by atoms with Gasteiger partial charge in [-0.2, -0.15) is 0 Å². The van der Waals surface area contributed by atoms with E-state index in [4.69, 9.17) is 5.73 Å². The molecule has 25 heavy (non-hydrogen) atoms. The van der Waals surface area contributed by atoms with Gasteiger partial charge in [0.1, 0.15) is 0 Å². The number of nitrogens with two attached hydrogens (primary N) is 1. The van der Waals surface area contributed by atoms with Crippen molar-refractivity contribution < 1.29 is 9.69 Å². The second kappa shape index (κ2) is 6.92. The fourth-order valence-electron chi connectivity index (χ4n) is 3.63. The Balaban J connectivity index is 1.96. The number of quaternary nitrogens is 1. The number of carbonyl (C=O) groups excluding carboxylic acids is 1. The minimum absolute atomic E-state index is 0.0150. The highest BCUT2D eigenvalue weighted by Crippen LogP contribution is 2.23. The third-order valence-corrected chi connectivity index (χ3v) is 4.96. The summed E-state index contributed by atoms with van der Waals surface area (Å²) in [6.07, 6.45) is 1.62. The minimum Gasteiger partial charge on any atom is -0.369 e. The van der Waals surface area contributed by atoms with E-state index in [0.717, 1.165) is 31.8 Å². The van der Waals surface area contributed by atoms with Crippen molar-refractivity contribution in [3.63, 3.8) is 0 Å². The van der Waals surface area contributed by atoms with Crippen LogP contribution in [0.15, 0.2) is 30.3 Å². The second-order valence-electron chi connectivity index (χ2n) is 7.80. The zero-order valence-electron chi connectivity index (χ0n) is 15.1. The van der Waals surface area contributed by atoms with Gasteiger partial charge in [-0.1, -0.05) is 30.3 Å². The van der Waals surface area contributed by atoms with Gasteiger partial charge in [-0.05, 0) is 31.2 Å². The number of piperidine rings is 1. The molecule has 1 aromatic heterocycles. The molecule has 0 saturated carbocycles. The first-order valence-corrected chi connectivity index (χ1v) is 8.85. The number of tetrazole rings is 1. The molecular formula is C18H27N6O+. The van der Waals surface area contributed by atoms with Crippen molar-refractivity contribution in [2.75, 3.05) is 13.1 Å². The van der Waals surface area contributed by atoms with Crippen molar-refractivity contribution in [2.45, 2.75) is 45.2 Å². The summed E-state index contributed by atoms with van der Waals surface area (Å²) in [6, 6.07) is 10.4. The summed E-state index contributed by atoms with van der Waals surface area (Å²) in [4.78, 5) is 12.9. The average Bonchev–Trinajstić information content (AvgIpc) is 3.06. The quantitative estimate of drug-likeness (QED) is 0.835. The molecule has 1 amide bonds. The summed E-state index contributed by atoms with van der Waals surface area (Å²) in [5.74, 6) is 0.667. The van der Waals surface area contributed by atoms with Crippen molar-refractivity contribution in [1.82, 2.24) is 20.2 Å². The molecule has 3 rings (SSSR count). The minimum atomic E-state index is -0.198. The monoisotopic (exact) mass is 343 g/mol. The molecule has 0 radical (unpaired) electrons. The maximum Gasteiger partial charge on any atom is 0.220 e. The molecule has 1 fully saturated rings. The number of nitrogens with one attached hydrogen (secondary N) is 1. The Kier molecular flexibility index (Phi) is 4.85. The number of amides is 1. The Labute approximate surface area is 148 Å². The van der Waals surface area contributed by atoms with E-state index >= 15 is 0 Å². The predicted molar refractivity (Wildman–Crippen MR) is 93.7 cm³/mol. The van der Waals surface area contributed by atoms with Gasteiger partial charge in [-0.25, -0.2) is 4.68 Å². The molecule has 1 saturated heterocycles. The first kappa shape index (κ1) is 17.5. The van der Waals surface area contributed by atoms with Gasteiger partial charge in [0.25, 0.3) is 0 Å². The third kappa shape index (κ3) is 3.71. The van der Waals surface area contributed by atoms with Gasteiger partial charge in [-0.3, -0.25) is 4.79 Å². The molecule has 7 nitrogen and oxygen atoms in total. The molecule has 1 atom stereocenters. The van der Waals surface area contributed by atoms with Gasteiger partial charge in [0.15, 0.2) is 6.04 Å². The molecule has 1 aliphatic rings. The highest BCUT2D eigenvalue weighted by molar-refractivity contribution is 5.76. The fraction of sp³-hybridized carbons (Fsp3) is 0.556. The molecule has 2 aromatic rings. The highest BCUT2D eigenvalue weighted by Gasteiger charge is 2.37. The average molecular weight is 343 g/mol. The van der Waals surface area contributed by atoms with Crippen LogP contribution in [-0.2, 0) is 10.3 Å². The SMILES string of the molecule is CC(C)(C)n1nnnc1[C@H](c1ccccc1)[NH+]1CCC(C(N)=O)CC1. The maximum atomic E-state index is 11.5. The molecule has 7 heteroatoms. The van der Waals surface area contributed by atoms with Crippen LogP contribution in [0.2, 0.25) is 0 Å². The first-order chi connectivity index (χ1) is 11.9. The summed E-state index contributed by atoms with van der Waals surface area (Å²) in [5.41, 5.74) is 6.48. The van der Waals surface area contributed by atoms with Crippen LogP contribution in [0.1, 0.15) is 51.0 Å². The van der Waals surface area contributed by atoms with Crippen LogP contribution in [0.25, 0.3) is 0 Å². The van der Waals surface area contributed by atoms with Gasteiger partial charge >= 0.3 is 0 Å².